The summed E-state index contributed by atoms with van der Waals surface area (Å²) in [6.07, 6.45) is 2.33. The minimum atomic E-state index is 0.520. The van der Waals surface area contributed by atoms with E-state index in [0.29, 0.717) is 17.9 Å². The van der Waals surface area contributed by atoms with Crippen LogP contribution in [0.3, 0.4) is 0 Å². The second-order valence-electron chi connectivity index (χ2n) is 6.44. The maximum Gasteiger partial charge on any atom is 0.0469 e. The predicted molar refractivity (Wildman–Crippen MR) is 81.4 cm³/mol. The van der Waals surface area contributed by atoms with Gasteiger partial charge < -0.3 is 15.4 Å². The summed E-state index contributed by atoms with van der Waals surface area (Å²) in [6, 6.07) is 0.520. The van der Waals surface area contributed by atoms with E-state index in [9.17, 15) is 0 Å². The highest BCUT2D eigenvalue weighted by Gasteiger charge is 2.28. The Hall–Kier alpha value is -0.160. The molecule has 4 heteroatoms. The predicted octanol–water partition coefficient (Wildman–Crippen LogP) is 1.26. The summed E-state index contributed by atoms with van der Waals surface area (Å²) in [5.74, 6) is 1.40. The Morgan fingerprint density at radius 3 is 2.26 bits per heavy atom. The fourth-order valence-corrected chi connectivity index (χ4v) is 2.93. The van der Waals surface area contributed by atoms with Crippen molar-refractivity contribution in [3.63, 3.8) is 0 Å². The van der Waals surface area contributed by atoms with Crippen molar-refractivity contribution in [1.82, 2.24) is 9.80 Å². The maximum absolute atomic E-state index is 6.09. The van der Waals surface area contributed by atoms with E-state index in [1.165, 1.54) is 12.8 Å². The molecule has 2 N–H and O–H groups in total. The van der Waals surface area contributed by atoms with Gasteiger partial charge in [0.15, 0.2) is 0 Å². The molecule has 1 atom stereocenters. The molecule has 1 rings (SSSR count). The molecule has 0 saturated carbocycles. The van der Waals surface area contributed by atoms with Crippen molar-refractivity contribution in [3.05, 3.63) is 0 Å². The average Bonchev–Trinajstić information content (AvgIpc) is 2.37. The highest BCUT2D eigenvalue weighted by molar-refractivity contribution is 4.83. The molecule has 1 unspecified atom stereocenters. The highest BCUT2D eigenvalue weighted by atomic mass is 16.5. The number of hydrogen-bond donors (Lipinski definition) is 1. The Balaban J connectivity index is 2.61. The molecule has 1 fully saturated rings. The van der Waals surface area contributed by atoms with Crippen molar-refractivity contribution in [3.8, 4) is 0 Å². The first-order chi connectivity index (χ1) is 9.04. The van der Waals surface area contributed by atoms with Crippen LogP contribution in [0.25, 0.3) is 0 Å². The molecule has 1 aliphatic heterocycles. The molecule has 0 spiro atoms. The van der Waals surface area contributed by atoms with E-state index in [2.05, 4.69) is 37.7 Å². The average molecular weight is 271 g/mol. The fraction of sp³-hybridized carbons (Fsp3) is 1.00. The second-order valence-corrected chi connectivity index (χ2v) is 6.44. The molecule has 114 valence electrons. The summed E-state index contributed by atoms with van der Waals surface area (Å²) >= 11 is 0. The molecule has 0 aromatic carbocycles. The Labute approximate surface area is 119 Å². The molecular formula is C15H33N3O. The topological polar surface area (TPSA) is 41.7 Å². The van der Waals surface area contributed by atoms with Crippen LogP contribution in [-0.4, -0.2) is 69.3 Å². The van der Waals surface area contributed by atoms with Crippen LogP contribution in [0.1, 0.15) is 26.7 Å². The van der Waals surface area contributed by atoms with Crippen LogP contribution in [0, 0.1) is 11.8 Å². The smallest absolute Gasteiger partial charge is 0.0469 e. The minimum absolute atomic E-state index is 0.520. The van der Waals surface area contributed by atoms with E-state index in [1.807, 2.05) is 0 Å². The standard InChI is InChI=1S/C15H33N3O/c1-13(2)12-18(8-7-17(3)4)15(11-16)14-5-9-19-10-6-14/h13-15H,5-12,16H2,1-4H3. The van der Waals surface area contributed by atoms with Crippen LogP contribution in [0.2, 0.25) is 0 Å². The van der Waals surface area contributed by atoms with E-state index in [-0.39, 0.29) is 0 Å². The Morgan fingerprint density at radius 2 is 1.79 bits per heavy atom. The summed E-state index contributed by atoms with van der Waals surface area (Å²) in [4.78, 5) is 4.87. The van der Waals surface area contributed by atoms with Gasteiger partial charge in [0, 0.05) is 45.4 Å². The van der Waals surface area contributed by atoms with Gasteiger partial charge in [-0.2, -0.15) is 0 Å². The van der Waals surface area contributed by atoms with Gasteiger partial charge in [-0.3, -0.25) is 4.90 Å². The van der Waals surface area contributed by atoms with Gasteiger partial charge in [0.25, 0.3) is 0 Å². The molecule has 0 aromatic rings. The first-order valence-electron chi connectivity index (χ1n) is 7.71. The third-order valence-corrected chi connectivity index (χ3v) is 3.95. The van der Waals surface area contributed by atoms with Gasteiger partial charge in [-0.05, 0) is 38.8 Å². The lowest BCUT2D eigenvalue weighted by Crippen LogP contribution is -2.50. The van der Waals surface area contributed by atoms with E-state index in [0.717, 1.165) is 39.4 Å². The van der Waals surface area contributed by atoms with Gasteiger partial charge in [-0.25, -0.2) is 0 Å². The SMILES string of the molecule is CC(C)CN(CCN(C)C)C(CN)C1CCOCC1. The van der Waals surface area contributed by atoms with Gasteiger partial charge >= 0.3 is 0 Å². The number of ether oxygens (including phenoxy) is 1. The third-order valence-electron chi connectivity index (χ3n) is 3.95. The lowest BCUT2D eigenvalue weighted by Gasteiger charge is -2.39. The summed E-state index contributed by atoms with van der Waals surface area (Å²) in [5.41, 5.74) is 6.09. The highest BCUT2D eigenvalue weighted by Crippen LogP contribution is 2.23. The lowest BCUT2D eigenvalue weighted by molar-refractivity contribution is 0.0230. The number of rotatable bonds is 8. The minimum Gasteiger partial charge on any atom is -0.381 e. The van der Waals surface area contributed by atoms with Gasteiger partial charge in [0.1, 0.15) is 0 Å². The molecular weight excluding hydrogens is 238 g/mol. The first kappa shape index (κ1) is 16.9. The molecule has 1 heterocycles. The summed E-state index contributed by atoms with van der Waals surface area (Å²) in [6.45, 7) is 10.5. The quantitative estimate of drug-likeness (QED) is 0.722. The zero-order valence-corrected chi connectivity index (χ0v) is 13.3. The molecule has 4 nitrogen and oxygen atoms in total. The molecule has 0 radical (unpaired) electrons. The van der Waals surface area contributed by atoms with Crippen LogP contribution in [0.4, 0.5) is 0 Å². The second kappa shape index (κ2) is 8.90. The molecule has 19 heavy (non-hydrogen) atoms. The molecule has 0 aromatic heterocycles. The Morgan fingerprint density at radius 1 is 1.16 bits per heavy atom. The number of nitrogens with two attached hydrogens (primary N) is 1. The van der Waals surface area contributed by atoms with E-state index >= 15 is 0 Å². The van der Waals surface area contributed by atoms with Crippen molar-refractivity contribution in [1.29, 1.82) is 0 Å². The Kier molecular flexibility index (Phi) is 7.91. The van der Waals surface area contributed by atoms with E-state index in [1.54, 1.807) is 0 Å². The van der Waals surface area contributed by atoms with E-state index in [4.69, 9.17) is 10.5 Å². The molecule has 0 amide bonds. The summed E-state index contributed by atoms with van der Waals surface area (Å²) < 4.78 is 5.49. The normalized spacial score (nSPS) is 19.6. The largest absolute Gasteiger partial charge is 0.381 e. The van der Waals surface area contributed by atoms with Crippen LogP contribution < -0.4 is 5.73 Å². The zero-order valence-electron chi connectivity index (χ0n) is 13.3. The van der Waals surface area contributed by atoms with Crippen LogP contribution in [0.5, 0.6) is 0 Å². The van der Waals surface area contributed by atoms with Crippen molar-refractivity contribution < 1.29 is 4.74 Å². The first-order valence-corrected chi connectivity index (χ1v) is 7.71. The fourth-order valence-electron chi connectivity index (χ4n) is 2.93. The molecule has 1 aliphatic rings. The van der Waals surface area contributed by atoms with Crippen molar-refractivity contribution in [2.45, 2.75) is 32.7 Å². The maximum atomic E-state index is 6.09. The lowest BCUT2D eigenvalue weighted by atomic mass is 9.90. The van der Waals surface area contributed by atoms with Crippen LogP contribution in [0.15, 0.2) is 0 Å². The van der Waals surface area contributed by atoms with Gasteiger partial charge in [-0.1, -0.05) is 13.8 Å². The number of hydrogen-bond acceptors (Lipinski definition) is 4. The summed E-state index contributed by atoms with van der Waals surface area (Å²) in [5, 5.41) is 0. The third kappa shape index (κ3) is 6.21. The number of nitrogens with zero attached hydrogens (tertiary/aromatic N) is 2. The van der Waals surface area contributed by atoms with Gasteiger partial charge in [0.2, 0.25) is 0 Å². The monoisotopic (exact) mass is 271 g/mol. The van der Waals surface area contributed by atoms with Crippen molar-refractivity contribution in [2.24, 2.45) is 17.6 Å². The zero-order chi connectivity index (χ0) is 14.3. The van der Waals surface area contributed by atoms with Crippen molar-refractivity contribution in [2.75, 3.05) is 53.5 Å². The molecule has 0 aliphatic carbocycles. The van der Waals surface area contributed by atoms with Crippen LogP contribution >= 0.6 is 0 Å². The summed E-state index contributed by atoms with van der Waals surface area (Å²) in [7, 11) is 4.28. The molecule has 1 saturated heterocycles. The van der Waals surface area contributed by atoms with Gasteiger partial charge in [-0.15, -0.1) is 0 Å². The van der Waals surface area contributed by atoms with E-state index < -0.39 is 0 Å². The van der Waals surface area contributed by atoms with Crippen LogP contribution in [-0.2, 0) is 4.74 Å². The number of likely N-dealkylation sites (N-methyl/N-ethyl adjacent to an activating group) is 1. The van der Waals surface area contributed by atoms with Gasteiger partial charge in [0.05, 0.1) is 0 Å². The molecule has 0 bridgehead atoms. The van der Waals surface area contributed by atoms with Crippen molar-refractivity contribution >= 4 is 0 Å². The Bertz CT molecular complexity index is 227.